The van der Waals surface area contributed by atoms with Crippen molar-refractivity contribution in [1.82, 2.24) is 14.9 Å². The molecule has 3 amide bonds. The van der Waals surface area contributed by atoms with Gasteiger partial charge in [-0.3, -0.25) is 19.2 Å². The quantitative estimate of drug-likeness (QED) is 0.220. The Hall–Kier alpha value is -4.91. The van der Waals surface area contributed by atoms with Gasteiger partial charge in [0.15, 0.2) is 11.5 Å². The van der Waals surface area contributed by atoms with Crippen molar-refractivity contribution in [2.24, 2.45) is 5.92 Å². The number of carbonyl (C=O) groups is 5. The third kappa shape index (κ3) is 8.09. The predicted octanol–water partition coefficient (Wildman–Crippen LogP) is 3.25. The lowest BCUT2D eigenvalue weighted by molar-refractivity contribution is -0.173. The van der Waals surface area contributed by atoms with Gasteiger partial charge in [0, 0.05) is 32.2 Å². The fraction of sp³-hybridized carbons (Fsp3) is 0.441. The smallest absolute Gasteiger partial charge is 0.377 e. The van der Waals surface area contributed by atoms with Crippen molar-refractivity contribution in [2.75, 3.05) is 35.0 Å². The van der Waals surface area contributed by atoms with Gasteiger partial charge in [-0.1, -0.05) is 44.2 Å². The average molecular weight is 654 g/mol. The molecule has 0 aliphatic carbocycles. The van der Waals surface area contributed by atoms with Gasteiger partial charge in [0.25, 0.3) is 17.6 Å². The fourth-order valence-corrected chi connectivity index (χ4v) is 5.34. The van der Waals surface area contributed by atoms with E-state index in [1.807, 2.05) is 0 Å². The number of amides is 3. The molecule has 0 radical (unpaired) electrons. The molecule has 13 nitrogen and oxygen atoms in total. The zero-order chi connectivity index (χ0) is 35.0. The first-order valence-corrected chi connectivity index (χ1v) is 15.1. The van der Waals surface area contributed by atoms with E-state index in [2.05, 4.69) is 0 Å². The normalized spacial score (nSPS) is 15.3. The number of Topliss-reactive ketones (excluding diaryl/α,β-unsaturated/α-hetero) is 1. The van der Waals surface area contributed by atoms with Crippen LogP contribution in [0.1, 0.15) is 45.7 Å². The van der Waals surface area contributed by atoms with Crippen LogP contribution in [-0.4, -0.2) is 97.6 Å². The summed E-state index contributed by atoms with van der Waals surface area (Å²) in [5.41, 5.74) is 0.913. The maximum Gasteiger partial charge on any atom is 0.377 e. The van der Waals surface area contributed by atoms with E-state index in [0.717, 1.165) is 10.0 Å². The van der Waals surface area contributed by atoms with Crippen LogP contribution in [0, 0.1) is 5.92 Å². The van der Waals surface area contributed by atoms with Gasteiger partial charge in [-0.15, -0.1) is 0 Å². The highest BCUT2D eigenvalue weighted by Gasteiger charge is 2.47. The Bertz CT molecular complexity index is 1480. The second-order valence-corrected chi connectivity index (χ2v) is 11.4. The van der Waals surface area contributed by atoms with E-state index < -0.39 is 53.6 Å². The Labute approximate surface area is 274 Å². The molecule has 0 saturated carbocycles. The lowest BCUT2D eigenvalue weighted by atomic mass is 9.96. The minimum absolute atomic E-state index is 0.0221. The van der Waals surface area contributed by atoms with E-state index in [0.29, 0.717) is 5.56 Å². The summed E-state index contributed by atoms with van der Waals surface area (Å²) in [7, 11) is 5.62. The van der Waals surface area contributed by atoms with Crippen LogP contribution < -0.4 is 14.2 Å². The molecular formula is C34H43N3O10. The van der Waals surface area contributed by atoms with Gasteiger partial charge in [-0.2, -0.15) is 0 Å². The summed E-state index contributed by atoms with van der Waals surface area (Å²) in [6.07, 6.45) is 0.671. The van der Waals surface area contributed by atoms with E-state index in [-0.39, 0.29) is 41.5 Å². The van der Waals surface area contributed by atoms with Gasteiger partial charge >= 0.3 is 5.97 Å². The van der Waals surface area contributed by atoms with Gasteiger partial charge in [0.1, 0.15) is 18.7 Å². The summed E-state index contributed by atoms with van der Waals surface area (Å²) < 4.78 is 26.9. The van der Waals surface area contributed by atoms with E-state index in [1.54, 1.807) is 70.2 Å². The summed E-state index contributed by atoms with van der Waals surface area (Å²) in [5.74, 6) is -3.87. The summed E-state index contributed by atoms with van der Waals surface area (Å²) in [5, 5.41) is 2.01. The van der Waals surface area contributed by atoms with Crippen LogP contribution in [0.25, 0.3) is 5.70 Å². The molecular weight excluding hydrogens is 610 g/mol. The number of ether oxygens (including phenoxy) is 5. The molecule has 47 heavy (non-hydrogen) atoms. The largest absolute Gasteiger partial charge is 0.493 e. The maximum absolute atomic E-state index is 14.7. The molecule has 254 valence electrons. The number of carbonyl (C=O) groups excluding carboxylic acids is 5. The number of hydrogen-bond acceptors (Lipinski definition) is 10. The number of methoxy groups -OCH3 is 4. The lowest BCUT2D eigenvalue weighted by Gasteiger charge is -2.46. The molecule has 0 N–H and O–H groups in total. The van der Waals surface area contributed by atoms with Crippen molar-refractivity contribution in [1.29, 1.82) is 0 Å². The van der Waals surface area contributed by atoms with Crippen molar-refractivity contribution in [3.05, 3.63) is 59.8 Å². The second kappa shape index (κ2) is 16.1. The molecule has 2 atom stereocenters. The molecule has 1 heterocycles. The van der Waals surface area contributed by atoms with E-state index in [4.69, 9.17) is 23.7 Å². The van der Waals surface area contributed by atoms with Gasteiger partial charge < -0.3 is 28.6 Å². The predicted molar refractivity (Wildman–Crippen MR) is 171 cm³/mol. The van der Waals surface area contributed by atoms with Crippen molar-refractivity contribution in [2.45, 2.75) is 59.2 Å². The minimum atomic E-state index is -1.51. The molecule has 3 rings (SSSR count). The first-order valence-electron chi connectivity index (χ1n) is 15.1. The molecule has 13 heteroatoms. The monoisotopic (exact) mass is 653 g/mol. The van der Waals surface area contributed by atoms with Crippen molar-refractivity contribution < 1.29 is 47.7 Å². The Morgan fingerprint density at radius 3 is 1.96 bits per heavy atom. The van der Waals surface area contributed by atoms with E-state index in [1.165, 1.54) is 46.5 Å². The van der Waals surface area contributed by atoms with Crippen molar-refractivity contribution in [3.63, 3.8) is 0 Å². The van der Waals surface area contributed by atoms with Crippen LogP contribution in [0.15, 0.2) is 48.7 Å². The molecule has 2 aromatic rings. The Kier molecular flexibility index (Phi) is 12.5. The van der Waals surface area contributed by atoms with Gasteiger partial charge in [0.2, 0.25) is 11.7 Å². The topological polar surface area (TPSA) is 141 Å². The molecule has 0 saturated heterocycles. The summed E-state index contributed by atoms with van der Waals surface area (Å²) in [6, 6.07) is 9.23. The standard InChI is InChI=1S/C34H43N3O10/c1-20(2)30-33(41)37(36(22(5)38)25(15-23-13-11-10-12-14-23)31(40)34(42)47-21(3)4)26(18-35(30)29(39)19-43-6)24-16-27(44-7)32(46-9)28(17-24)45-8/h10-14,16-18,20-21,25,30H,15,19H2,1-9H3/t25-,30?/m0/s1. The molecule has 0 aromatic heterocycles. The van der Waals surface area contributed by atoms with Crippen LogP contribution in [0.5, 0.6) is 17.2 Å². The SMILES string of the molecule is COCC(=O)N1C=C(c2cc(OC)c(OC)c(OC)c2)N(N(C(C)=O)[C@@H](Cc2ccccc2)C(=O)C(=O)OC(C)C)C(=O)C1C(C)C. The van der Waals surface area contributed by atoms with Gasteiger partial charge in [0.05, 0.1) is 33.1 Å². The number of nitrogens with zero attached hydrogens (tertiary/aromatic N) is 3. The molecule has 1 unspecified atom stereocenters. The fourth-order valence-electron chi connectivity index (χ4n) is 5.34. The van der Waals surface area contributed by atoms with Crippen molar-refractivity contribution in [3.8, 4) is 17.2 Å². The number of benzene rings is 2. The first kappa shape index (κ1) is 36.6. The highest BCUT2D eigenvalue weighted by molar-refractivity contribution is 6.36. The van der Waals surface area contributed by atoms with Gasteiger partial charge in [-0.05, 0) is 37.5 Å². The minimum Gasteiger partial charge on any atom is -0.493 e. The molecule has 0 fully saturated rings. The number of ketones is 1. The summed E-state index contributed by atoms with van der Waals surface area (Å²) in [4.78, 5) is 70.1. The third-order valence-electron chi connectivity index (χ3n) is 7.35. The van der Waals surface area contributed by atoms with E-state index in [9.17, 15) is 24.0 Å². The maximum atomic E-state index is 14.7. The second-order valence-electron chi connectivity index (χ2n) is 11.4. The Morgan fingerprint density at radius 2 is 1.49 bits per heavy atom. The van der Waals surface area contributed by atoms with Crippen LogP contribution in [0.2, 0.25) is 0 Å². The Balaban J connectivity index is 2.40. The molecule has 2 aromatic carbocycles. The zero-order valence-corrected chi connectivity index (χ0v) is 28.3. The molecule has 0 spiro atoms. The van der Waals surface area contributed by atoms with Crippen LogP contribution in [0.4, 0.5) is 0 Å². The van der Waals surface area contributed by atoms with Crippen LogP contribution in [0.3, 0.4) is 0 Å². The van der Waals surface area contributed by atoms with E-state index >= 15 is 0 Å². The number of hydrazine groups is 1. The molecule has 1 aliphatic heterocycles. The average Bonchev–Trinajstić information content (AvgIpc) is 3.03. The Morgan fingerprint density at radius 1 is 0.894 bits per heavy atom. The van der Waals surface area contributed by atoms with Crippen molar-refractivity contribution >= 4 is 35.2 Å². The summed E-state index contributed by atoms with van der Waals surface area (Å²) in [6.45, 7) is 7.54. The highest BCUT2D eigenvalue weighted by atomic mass is 16.5. The van der Waals surface area contributed by atoms with Crippen LogP contribution in [-0.2, 0) is 39.9 Å². The van der Waals surface area contributed by atoms with Crippen LogP contribution >= 0.6 is 0 Å². The number of rotatable bonds is 14. The first-order chi connectivity index (χ1) is 22.3. The third-order valence-corrected chi connectivity index (χ3v) is 7.35. The zero-order valence-electron chi connectivity index (χ0n) is 28.3. The lowest BCUT2D eigenvalue weighted by Crippen LogP contribution is -2.64. The molecule has 1 aliphatic rings. The van der Waals surface area contributed by atoms with Gasteiger partial charge in [-0.25, -0.2) is 14.8 Å². The highest BCUT2D eigenvalue weighted by Crippen LogP contribution is 2.42. The number of hydrogen-bond donors (Lipinski definition) is 0. The molecule has 0 bridgehead atoms. The number of esters is 1. The summed E-state index contributed by atoms with van der Waals surface area (Å²) >= 11 is 0.